The number of carbonyl (C=O) groups is 3. The van der Waals surface area contributed by atoms with Crippen LogP contribution in [-0.2, 0) is 30.4 Å². The average molecular weight is 690 g/mol. The molecule has 0 spiro atoms. The Labute approximate surface area is 293 Å². The number of hydrogen-bond donors (Lipinski definition) is 4. The van der Waals surface area contributed by atoms with E-state index < -0.39 is 42.5 Å². The highest BCUT2D eigenvalue weighted by Gasteiger charge is 2.39. The van der Waals surface area contributed by atoms with Crippen LogP contribution in [0.2, 0.25) is 0 Å². The molecule has 0 saturated carbocycles. The van der Waals surface area contributed by atoms with Gasteiger partial charge in [0.15, 0.2) is 6.10 Å². The molecule has 11 nitrogen and oxygen atoms in total. The first-order chi connectivity index (χ1) is 23.4. The molecule has 2 heterocycles. The molecule has 1 saturated heterocycles. The van der Waals surface area contributed by atoms with Crippen LogP contribution < -0.4 is 5.32 Å². The molecule has 2 amide bonds. The predicted octanol–water partition coefficient (Wildman–Crippen LogP) is 5.00. The molecular weight excluding hydrogens is 626 g/mol. The fourth-order valence-electron chi connectivity index (χ4n) is 5.92. The molecule has 278 valence electrons. The maximum atomic E-state index is 13.8. The number of carbonyl (C=O) groups excluding carboxylic acids is 3. The van der Waals surface area contributed by atoms with E-state index in [9.17, 15) is 29.7 Å². The molecule has 0 aromatic carbocycles. The van der Waals surface area contributed by atoms with Gasteiger partial charge in [-0.1, -0.05) is 110 Å². The van der Waals surface area contributed by atoms with Gasteiger partial charge in [-0.15, -0.1) is 0 Å². The predicted molar refractivity (Wildman–Crippen MR) is 189 cm³/mol. The van der Waals surface area contributed by atoms with E-state index in [1.54, 1.807) is 29.4 Å². The maximum absolute atomic E-state index is 13.8. The number of nitrogens with one attached hydrogen (secondary N) is 1. The van der Waals surface area contributed by atoms with Crippen molar-refractivity contribution < 1.29 is 39.2 Å². The Morgan fingerprint density at radius 2 is 1.63 bits per heavy atom. The van der Waals surface area contributed by atoms with Crippen molar-refractivity contribution in [1.29, 1.82) is 0 Å². The van der Waals surface area contributed by atoms with Gasteiger partial charge in [0.1, 0.15) is 30.5 Å². The Morgan fingerprint density at radius 3 is 2.20 bits per heavy atom. The number of likely N-dealkylation sites (tertiary alicyclic amines) is 1. The summed E-state index contributed by atoms with van der Waals surface area (Å²) in [6.07, 6.45) is 13.2. The summed E-state index contributed by atoms with van der Waals surface area (Å²) in [5, 5.41) is 34.4. The second-order valence-corrected chi connectivity index (χ2v) is 14.5. The zero-order valence-corrected chi connectivity index (χ0v) is 30.5. The second-order valence-electron chi connectivity index (χ2n) is 14.5. The van der Waals surface area contributed by atoms with E-state index in [2.05, 4.69) is 17.2 Å². The fraction of sp³-hybridized carbons (Fsp3) is 0.737. The molecule has 1 fully saturated rings. The van der Waals surface area contributed by atoms with E-state index in [1.165, 1.54) is 64.6 Å². The van der Waals surface area contributed by atoms with Gasteiger partial charge in [0.05, 0.1) is 6.54 Å². The molecule has 0 bridgehead atoms. The van der Waals surface area contributed by atoms with Gasteiger partial charge in [0, 0.05) is 32.5 Å². The second kappa shape index (κ2) is 22.8. The topological polar surface area (TPSA) is 159 Å². The van der Waals surface area contributed by atoms with Gasteiger partial charge in [-0.25, -0.2) is 0 Å². The van der Waals surface area contributed by atoms with Gasteiger partial charge in [0.25, 0.3) is 5.91 Å². The number of amides is 2. The molecule has 1 aliphatic rings. The molecule has 6 atom stereocenters. The number of unbranched alkanes of at least 4 members (excludes halogenated alkanes) is 10. The molecule has 0 radical (unpaired) electrons. The number of nitrogens with zero attached hydrogens (tertiary/aromatic N) is 2. The molecule has 2 rings (SSSR count). The summed E-state index contributed by atoms with van der Waals surface area (Å²) >= 11 is 0. The Morgan fingerprint density at radius 1 is 1.00 bits per heavy atom. The molecule has 4 N–H and O–H groups in total. The van der Waals surface area contributed by atoms with Crippen molar-refractivity contribution in [3.05, 3.63) is 42.2 Å². The van der Waals surface area contributed by atoms with Crippen molar-refractivity contribution >= 4 is 17.8 Å². The number of allylic oxidation sites excluding steroid dienone is 1. The van der Waals surface area contributed by atoms with Crippen LogP contribution in [0.1, 0.15) is 123 Å². The fourth-order valence-corrected chi connectivity index (χ4v) is 5.92. The van der Waals surface area contributed by atoms with E-state index >= 15 is 0 Å². The molecule has 49 heavy (non-hydrogen) atoms. The zero-order chi connectivity index (χ0) is 36.2. The van der Waals surface area contributed by atoms with E-state index in [-0.39, 0.29) is 36.8 Å². The van der Waals surface area contributed by atoms with E-state index in [1.807, 2.05) is 26.8 Å². The molecule has 0 unspecified atom stereocenters. The Bertz CT molecular complexity index is 1130. The normalized spacial score (nSPS) is 19.7. The molecular formula is C38H63N3O8. The van der Waals surface area contributed by atoms with Crippen molar-refractivity contribution in [2.24, 2.45) is 5.41 Å². The number of aliphatic hydroxyl groups excluding tert-OH is 3. The first-order valence-electron chi connectivity index (χ1n) is 18.3. The minimum Gasteiger partial charge on any atom is -0.460 e. The van der Waals surface area contributed by atoms with Crippen LogP contribution in [0.5, 0.6) is 0 Å². The molecule has 1 aromatic heterocycles. The summed E-state index contributed by atoms with van der Waals surface area (Å²) in [6.45, 7) is 8.33. The van der Waals surface area contributed by atoms with Gasteiger partial charge in [-0.05, 0) is 36.3 Å². The summed E-state index contributed by atoms with van der Waals surface area (Å²) in [5.41, 5.74) is 0.504. The number of pyridine rings is 1. The smallest absolute Gasteiger partial charge is 0.306 e. The Balaban J connectivity index is 1.97. The summed E-state index contributed by atoms with van der Waals surface area (Å²) < 4.78 is 11.1. The lowest BCUT2D eigenvalue weighted by Gasteiger charge is -2.29. The maximum Gasteiger partial charge on any atom is 0.306 e. The standard InChI is InChI=1S/C38H63N3O8/c1-6-7-8-9-10-11-12-13-14-15-16-19-32(43)49-29-20-21-30(37(47)41(27-29)26-28-18-17-24-39-25-28)40-36(46)35(48-5)34(45)33(44)31(42)22-23-38(2,3)4/h17-18,22-25,29-31,33-35,42,44-45H,6-16,19-21,26-27H2,1-5H3,(H,40,46)/b23-22+/t29-,30+,31-,33+,34-,35-/m1/s1. The van der Waals surface area contributed by atoms with E-state index in [0.717, 1.165) is 24.8 Å². The van der Waals surface area contributed by atoms with Gasteiger partial charge >= 0.3 is 5.97 Å². The first kappa shape index (κ1) is 42.3. The minimum atomic E-state index is -1.78. The van der Waals surface area contributed by atoms with E-state index in [4.69, 9.17) is 9.47 Å². The summed E-state index contributed by atoms with van der Waals surface area (Å²) in [6, 6.07) is 2.61. The lowest BCUT2D eigenvalue weighted by atomic mass is 9.94. The number of hydrogen-bond acceptors (Lipinski definition) is 9. The highest BCUT2D eigenvalue weighted by atomic mass is 16.5. The average Bonchev–Trinajstić information content (AvgIpc) is 3.20. The van der Waals surface area contributed by atoms with Gasteiger partial charge in [0.2, 0.25) is 5.91 Å². The lowest BCUT2D eigenvalue weighted by Crippen LogP contribution is -2.55. The lowest BCUT2D eigenvalue weighted by molar-refractivity contribution is -0.152. The summed E-state index contributed by atoms with van der Waals surface area (Å²) in [5.74, 6) is -1.49. The third-order valence-corrected chi connectivity index (χ3v) is 8.82. The van der Waals surface area contributed by atoms with Crippen LogP contribution in [0.4, 0.5) is 0 Å². The highest BCUT2D eigenvalue weighted by Crippen LogP contribution is 2.21. The van der Waals surface area contributed by atoms with Gasteiger partial charge in [-0.3, -0.25) is 19.4 Å². The van der Waals surface area contributed by atoms with Gasteiger partial charge in [-0.2, -0.15) is 0 Å². The largest absolute Gasteiger partial charge is 0.460 e. The monoisotopic (exact) mass is 689 g/mol. The van der Waals surface area contributed by atoms with Crippen LogP contribution in [0.25, 0.3) is 0 Å². The number of ether oxygens (including phenoxy) is 2. The van der Waals surface area contributed by atoms with Crippen molar-refractivity contribution in [2.45, 2.75) is 161 Å². The van der Waals surface area contributed by atoms with Crippen LogP contribution >= 0.6 is 0 Å². The van der Waals surface area contributed by atoms with Crippen molar-refractivity contribution in [3.63, 3.8) is 0 Å². The number of methoxy groups -OCH3 is 1. The third kappa shape index (κ3) is 16.6. The number of esters is 1. The summed E-state index contributed by atoms with van der Waals surface area (Å²) in [4.78, 5) is 45.6. The number of aliphatic hydroxyl groups is 3. The number of rotatable bonds is 22. The van der Waals surface area contributed by atoms with Crippen LogP contribution in [0.3, 0.4) is 0 Å². The molecule has 1 aromatic rings. The summed E-state index contributed by atoms with van der Waals surface area (Å²) in [7, 11) is 1.20. The first-order valence-corrected chi connectivity index (χ1v) is 18.3. The van der Waals surface area contributed by atoms with Crippen molar-refractivity contribution in [3.8, 4) is 0 Å². The SMILES string of the molecule is CCCCCCCCCCCCCC(=O)O[C@@H]1CC[C@H](NC(=O)[C@H](OC)[C@H](O)[C@@H](O)[C@H](O)/C=C/C(C)(C)C)C(=O)N(Cc2cccnc2)C1. The number of aromatic nitrogens is 1. The third-order valence-electron chi connectivity index (χ3n) is 8.82. The molecule has 1 aliphatic heterocycles. The van der Waals surface area contributed by atoms with Crippen LogP contribution in [0.15, 0.2) is 36.7 Å². The van der Waals surface area contributed by atoms with Crippen LogP contribution in [0, 0.1) is 5.41 Å². The molecule has 11 heteroatoms. The van der Waals surface area contributed by atoms with Crippen molar-refractivity contribution in [2.75, 3.05) is 13.7 Å². The highest BCUT2D eigenvalue weighted by molar-refractivity contribution is 5.90. The van der Waals surface area contributed by atoms with E-state index in [0.29, 0.717) is 12.8 Å². The van der Waals surface area contributed by atoms with Crippen molar-refractivity contribution in [1.82, 2.24) is 15.2 Å². The minimum absolute atomic E-state index is 0.158. The Hall–Kier alpha value is -2.86. The quantitative estimate of drug-likeness (QED) is 0.0747. The van der Waals surface area contributed by atoms with Gasteiger partial charge < -0.3 is 35.0 Å². The molecule has 0 aliphatic carbocycles. The Kier molecular flexibility index (Phi) is 19.7. The van der Waals surface area contributed by atoms with Crippen LogP contribution in [-0.4, -0.2) is 93.2 Å². The zero-order valence-electron chi connectivity index (χ0n) is 30.5.